The highest BCUT2D eigenvalue weighted by Crippen LogP contribution is 2.54. The molecule has 1 aromatic heterocycles. The summed E-state index contributed by atoms with van der Waals surface area (Å²) in [6.45, 7) is 2.75. The third kappa shape index (κ3) is 4.37. The molecule has 2 bridgehead atoms. The summed E-state index contributed by atoms with van der Waals surface area (Å²) in [5, 5.41) is 10.4. The van der Waals surface area contributed by atoms with Crippen molar-refractivity contribution >= 4 is 33.9 Å². The Kier molecular flexibility index (Phi) is 6.87. The number of rotatable bonds is 7. The molecular weight excluding hydrogens is 614 g/mol. The van der Waals surface area contributed by atoms with E-state index in [-0.39, 0.29) is 79.3 Å². The molecule has 240 valence electrons. The van der Waals surface area contributed by atoms with Crippen molar-refractivity contribution in [2.45, 2.75) is 56.6 Å². The van der Waals surface area contributed by atoms with Crippen LogP contribution in [0.2, 0.25) is 5.02 Å². The van der Waals surface area contributed by atoms with Gasteiger partial charge in [-0.2, -0.15) is 15.2 Å². The molecule has 2 N–H and O–H groups in total. The van der Waals surface area contributed by atoms with E-state index in [1.54, 1.807) is 0 Å². The zero-order valence-electron chi connectivity index (χ0n) is 25.9. The Morgan fingerprint density at radius 1 is 1.20 bits per heavy atom. The molecule has 4 heterocycles. The third-order valence-corrected chi connectivity index (χ3v) is 11.0. The van der Waals surface area contributed by atoms with Gasteiger partial charge in [-0.15, -0.1) is 0 Å². The molecule has 3 aromatic rings. The molecule has 12 heteroatoms. The lowest BCUT2D eigenvalue weighted by atomic mass is 9.71. The molecule has 1 spiro atoms. The Morgan fingerprint density at radius 2 is 2.00 bits per heavy atom. The number of nitrogens with two attached hydrogens (primary N) is 1. The van der Waals surface area contributed by atoms with Crippen molar-refractivity contribution < 1.29 is 23.0 Å². The van der Waals surface area contributed by atoms with Crippen LogP contribution in [0, 0.1) is 28.4 Å². The van der Waals surface area contributed by atoms with Crippen molar-refractivity contribution in [1.82, 2.24) is 14.9 Å². The molecule has 0 radical (unpaired) electrons. The zero-order valence-corrected chi connectivity index (χ0v) is 26.6. The van der Waals surface area contributed by atoms with E-state index in [9.17, 15) is 5.26 Å². The number of anilines is 1. The van der Waals surface area contributed by atoms with Crippen molar-refractivity contribution in [2.75, 3.05) is 51.9 Å². The summed E-state index contributed by atoms with van der Waals surface area (Å²) >= 11 is 7.12. The minimum atomic E-state index is -0.723. The van der Waals surface area contributed by atoms with Gasteiger partial charge in [-0.1, -0.05) is 17.7 Å². The number of likely N-dealkylation sites (N-methyl/N-ethyl adjacent to an activating group) is 1. The van der Waals surface area contributed by atoms with Crippen molar-refractivity contribution in [3.63, 3.8) is 0 Å². The van der Waals surface area contributed by atoms with Crippen LogP contribution in [0.3, 0.4) is 0 Å². The van der Waals surface area contributed by atoms with Gasteiger partial charge in [0.25, 0.3) is 0 Å². The maximum atomic E-state index is 17.2. The molecule has 3 aliphatic heterocycles. The number of allylic oxidation sites excluding steroid dienone is 2. The van der Waals surface area contributed by atoms with Crippen molar-refractivity contribution in [1.29, 1.82) is 5.26 Å². The number of aromatic nitrogens is 2. The van der Waals surface area contributed by atoms with E-state index in [1.165, 1.54) is 12.1 Å². The van der Waals surface area contributed by atoms with Gasteiger partial charge in [0.15, 0.2) is 11.6 Å². The number of nitrogens with zero attached hydrogens (tertiary/aromatic N) is 5. The Bertz CT molecular complexity index is 1860. The standard InChI is InChI=1S/C34H35ClF2N6O3/c1-42(2)9-10-43-31-26-29(40-32(41-31)46-17-33-13-18(14-33)45-16-33)28(37)25(27(35)30(26)44-11-8-34(43)6-3-7-34)19-4-5-22(36)20-12-23(39)21(15-38)24(19)20/h4-5,18H,3,6-14,16-17,39H2,1-2H3. The maximum Gasteiger partial charge on any atom is 0.319 e. The molecule has 4 fully saturated rings. The second kappa shape index (κ2) is 10.7. The van der Waals surface area contributed by atoms with Crippen LogP contribution < -0.4 is 20.1 Å². The summed E-state index contributed by atoms with van der Waals surface area (Å²) in [5.74, 6) is -0.457. The van der Waals surface area contributed by atoms with Gasteiger partial charge in [0.2, 0.25) is 0 Å². The van der Waals surface area contributed by atoms with Gasteiger partial charge < -0.3 is 29.7 Å². The number of fused-ring (bicyclic) bond motifs is 2. The molecular formula is C34H35ClF2N6O3. The third-order valence-electron chi connectivity index (χ3n) is 10.7. The van der Waals surface area contributed by atoms with E-state index in [2.05, 4.69) is 20.9 Å². The molecule has 0 amide bonds. The molecule has 3 aliphatic carbocycles. The number of nitriles is 1. The fraction of sp³-hybridized carbons (Fsp3) is 0.500. The molecule has 6 aliphatic rings. The fourth-order valence-electron chi connectivity index (χ4n) is 7.99. The van der Waals surface area contributed by atoms with E-state index in [1.807, 2.05) is 14.1 Å². The van der Waals surface area contributed by atoms with Gasteiger partial charge in [0.05, 0.1) is 41.9 Å². The normalized spacial score (nSPS) is 23.9. The summed E-state index contributed by atoms with van der Waals surface area (Å²) in [7, 11) is 4.04. The van der Waals surface area contributed by atoms with Crippen LogP contribution in [-0.4, -0.2) is 73.5 Å². The van der Waals surface area contributed by atoms with Gasteiger partial charge in [0.1, 0.15) is 23.2 Å². The van der Waals surface area contributed by atoms with Crippen LogP contribution in [0.5, 0.6) is 11.8 Å². The predicted molar refractivity (Wildman–Crippen MR) is 170 cm³/mol. The zero-order chi connectivity index (χ0) is 32.0. The summed E-state index contributed by atoms with van der Waals surface area (Å²) in [5.41, 5.74) is 6.91. The van der Waals surface area contributed by atoms with Crippen LogP contribution in [0.15, 0.2) is 17.8 Å². The Morgan fingerprint density at radius 3 is 2.67 bits per heavy atom. The van der Waals surface area contributed by atoms with Gasteiger partial charge in [-0.25, -0.2) is 8.78 Å². The molecule has 0 unspecified atom stereocenters. The Labute approximate surface area is 270 Å². The lowest BCUT2D eigenvalue weighted by Gasteiger charge is -2.52. The number of hydrogen-bond acceptors (Lipinski definition) is 9. The maximum absolute atomic E-state index is 17.2. The first-order chi connectivity index (χ1) is 22.1. The summed E-state index contributed by atoms with van der Waals surface area (Å²) in [4.78, 5) is 14.1. The SMILES string of the molecule is CN(C)CCN1c2nc(OCC34COC(C3)C4)nc3c(F)c(-c4ccc(F)c5c4C(C#N)=C(N)C5)c(Cl)c(c23)OCCC12CCC2. The topological polar surface area (TPSA) is 110 Å². The molecule has 46 heavy (non-hydrogen) atoms. The highest BCUT2D eigenvalue weighted by molar-refractivity contribution is 6.36. The van der Waals surface area contributed by atoms with Crippen LogP contribution in [0.1, 0.15) is 49.7 Å². The predicted octanol–water partition coefficient (Wildman–Crippen LogP) is 5.61. The van der Waals surface area contributed by atoms with Crippen molar-refractivity contribution in [3.05, 3.63) is 45.6 Å². The van der Waals surface area contributed by atoms with Crippen molar-refractivity contribution in [2.24, 2.45) is 11.1 Å². The molecule has 2 saturated heterocycles. The van der Waals surface area contributed by atoms with Gasteiger partial charge in [0, 0.05) is 59.3 Å². The highest BCUT2D eigenvalue weighted by Gasteiger charge is 2.53. The minimum absolute atomic E-state index is 0.00110. The molecule has 9 rings (SSSR count). The number of ether oxygens (including phenoxy) is 3. The van der Waals surface area contributed by atoms with E-state index in [0.717, 1.165) is 45.1 Å². The van der Waals surface area contributed by atoms with E-state index in [0.29, 0.717) is 37.6 Å². The average molecular weight is 649 g/mol. The van der Waals surface area contributed by atoms with E-state index < -0.39 is 11.6 Å². The average Bonchev–Trinajstić information content (AvgIpc) is 3.69. The number of benzene rings is 2. The van der Waals surface area contributed by atoms with Crippen LogP contribution >= 0.6 is 11.6 Å². The second-order valence-corrected chi connectivity index (χ2v) is 14.2. The minimum Gasteiger partial charge on any atom is -0.491 e. The lowest BCUT2D eigenvalue weighted by Crippen LogP contribution is -2.57. The smallest absolute Gasteiger partial charge is 0.319 e. The van der Waals surface area contributed by atoms with Gasteiger partial charge in [-0.05, 0) is 57.8 Å². The first-order valence-electron chi connectivity index (χ1n) is 15.9. The molecule has 2 saturated carbocycles. The summed E-state index contributed by atoms with van der Waals surface area (Å²) in [6.07, 6.45) is 5.90. The molecule has 9 nitrogen and oxygen atoms in total. The fourth-order valence-corrected chi connectivity index (χ4v) is 8.32. The largest absolute Gasteiger partial charge is 0.491 e. The van der Waals surface area contributed by atoms with Crippen molar-refractivity contribution in [3.8, 4) is 29.0 Å². The van der Waals surface area contributed by atoms with Crippen LogP contribution in [0.25, 0.3) is 27.6 Å². The number of halogens is 3. The Balaban J connectivity index is 1.37. The van der Waals surface area contributed by atoms with E-state index >= 15 is 8.78 Å². The number of hydrogen-bond donors (Lipinski definition) is 1. The van der Waals surface area contributed by atoms with Gasteiger partial charge in [-0.3, -0.25) is 0 Å². The summed E-state index contributed by atoms with van der Waals surface area (Å²) < 4.78 is 50.8. The Hall–Kier alpha value is -3.72. The van der Waals surface area contributed by atoms with Crippen LogP contribution in [0.4, 0.5) is 14.6 Å². The monoisotopic (exact) mass is 648 g/mol. The molecule has 0 atom stereocenters. The second-order valence-electron chi connectivity index (χ2n) is 13.8. The highest BCUT2D eigenvalue weighted by atomic mass is 35.5. The van der Waals surface area contributed by atoms with Gasteiger partial charge >= 0.3 is 6.01 Å². The quantitative estimate of drug-likeness (QED) is 0.350. The van der Waals surface area contributed by atoms with E-state index in [4.69, 9.17) is 36.5 Å². The first kappa shape index (κ1) is 29.7. The first-order valence-corrected chi connectivity index (χ1v) is 16.2. The molecule has 2 aromatic carbocycles. The lowest BCUT2D eigenvalue weighted by molar-refractivity contribution is 0.0784. The van der Waals surface area contributed by atoms with Crippen LogP contribution in [-0.2, 0) is 11.2 Å². The summed E-state index contributed by atoms with van der Waals surface area (Å²) in [6, 6.07) is 4.85.